The van der Waals surface area contributed by atoms with Gasteiger partial charge < -0.3 is 33.2 Å². The number of carbonyl (C=O) groups is 2. The average Bonchev–Trinajstić information content (AvgIpc) is 4.03. The summed E-state index contributed by atoms with van der Waals surface area (Å²) >= 11 is 6.16. The van der Waals surface area contributed by atoms with Gasteiger partial charge in [0.1, 0.15) is 5.82 Å². The highest BCUT2D eigenvalue weighted by Gasteiger charge is 2.37. The van der Waals surface area contributed by atoms with E-state index in [2.05, 4.69) is 6.92 Å². The van der Waals surface area contributed by atoms with Crippen molar-refractivity contribution in [2.24, 2.45) is 0 Å². The van der Waals surface area contributed by atoms with Gasteiger partial charge in [0, 0.05) is 63.1 Å². The lowest BCUT2D eigenvalue weighted by atomic mass is 10.0. The number of unbranched alkanes of at least 4 members (excludes halogenated alkanes) is 7. The number of nitrogens with zero attached hydrogens (tertiary/aromatic N) is 2. The molecule has 4 heterocycles. The molecule has 0 saturated carbocycles. The molecule has 0 atom stereocenters. The topological polar surface area (TPSA) is 135 Å². The molecule has 11 nitrogen and oxygen atoms in total. The second kappa shape index (κ2) is 16.2. The van der Waals surface area contributed by atoms with Gasteiger partial charge >= 0.3 is 0 Å². The molecule has 0 radical (unpaired) electrons. The van der Waals surface area contributed by atoms with Crippen LogP contribution >= 0.6 is 11.6 Å². The summed E-state index contributed by atoms with van der Waals surface area (Å²) in [6, 6.07) is 16.1. The minimum absolute atomic E-state index is 0.112. The van der Waals surface area contributed by atoms with Gasteiger partial charge in [-0.25, -0.2) is 4.39 Å². The van der Waals surface area contributed by atoms with Crippen molar-refractivity contribution in [1.82, 2.24) is 9.13 Å². The summed E-state index contributed by atoms with van der Waals surface area (Å²) in [5.74, 6) is 1.43. The molecule has 2 aromatic heterocycles. The second-order valence-electron chi connectivity index (χ2n) is 15.5. The van der Waals surface area contributed by atoms with Crippen molar-refractivity contribution in [2.75, 3.05) is 20.2 Å². The SMILES string of the molecule is CCCCCCCn1c2c(c3ccc(F)cc3c1=O)C(=O)c1cc3c(cc1-2)OCO3.O=C1c2cc3c(cc2-c2c1c1ccc(Cl)cc1c(=O)n2CCCCCCO)OCO3. The quantitative estimate of drug-likeness (QED) is 0.120. The van der Waals surface area contributed by atoms with Gasteiger partial charge in [0.15, 0.2) is 34.6 Å². The molecule has 4 aromatic carbocycles. The van der Waals surface area contributed by atoms with E-state index >= 15 is 0 Å². The number of fused-ring (bicyclic) bond motifs is 12. The van der Waals surface area contributed by atoms with Crippen molar-refractivity contribution in [3.8, 4) is 45.5 Å². The largest absolute Gasteiger partial charge is 0.454 e. The molecule has 2 aliphatic carbocycles. The first-order valence-corrected chi connectivity index (χ1v) is 20.9. The molecule has 2 aliphatic heterocycles. The molecule has 0 saturated heterocycles. The maximum absolute atomic E-state index is 13.9. The van der Waals surface area contributed by atoms with Gasteiger partial charge in [-0.2, -0.15) is 0 Å². The number of rotatable bonds is 12. The number of ether oxygens (including phenoxy) is 4. The number of pyridine rings is 2. The fraction of sp³-hybridized carbons (Fsp3) is 0.319. The molecule has 4 aliphatic rings. The molecular formula is C47H42ClFN2O9. The summed E-state index contributed by atoms with van der Waals surface area (Å²) in [5, 5.41) is 11.2. The summed E-state index contributed by atoms with van der Waals surface area (Å²) in [5.41, 5.74) is 4.18. The number of hydrogen-bond donors (Lipinski definition) is 1. The lowest BCUT2D eigenvalue weighted by Crippen LogP contribution is -2.23. The Morgan fingerprint density at radius 3 is 1.52 bits per heavy atom. The molecule has 0 amide bonds. The Labute approximate surface area is 348 Å². The number of aliphatic hydroxyl groups is 1. The van der Waals surface area contributed by atoms with E-state index in [0.29, 0.717) is 102 Å². The molecule has 0 fully saturated rings. The lowest BCUT2D eigenvalue weighted by molar-refractivity contribution is 0.103. The monoisotopic (exact) mass is 832 g/mol. The van der Waals surface area contributed by atoms with Crippen LogP contribution in [0.4, 0.5) is 4.39 Å². The highest BCUT2D eigenvalue weighted by molar-refractivity contribution is 6.32. The minimum atomic E-state index is -0.488. The summed E-state index contributed by atoms with van der Waals surface area (Å²) in [7, 11) is 0. The smallest absolute Gasteiger partial charge is 0.259 e. The zero-order valence-electron chi connectivity index (χ0n) is 33.0. The summed E-state index contributed by atoms with van der Waals surface area (Å²) < 4.78 is 39.2. The zero-order chi connectivity index (χ0) is 41.7. The van der Waals surface area contributed by atoms with Crippen LogP contribution in [0.1, 0.15) is 96.6 Å². The molecule has 13 heteroatoms. The van der Waals surface area contributed by atoms with Crippen LogP contribution in [0.2, 0.25) is 5.02 Å². The van der Waals surface area contributed by atoms with Crippen molar-refractivity contribution in [1.29, 1.82) is 0 Å². The van der Waals surface area contributed by atoms with Crippen LogP contribution in [0, 0.1) is 5.82 Å². The van der Waals surface area contributed by atoms with Crippen LogP contribution in [0.5, 0.6) is 23.0 Å². The second-order valence-corrected chi connectivity index (χ2v) is 15.9. The Morgan fingerprint density at radius 1 is 0.567 bits per heavy atom. The molecule has 0 bridgehead atoms. The van der Waals surface area contributed by atoms with Crippen LogP contribution in [-0.4, -0.2) is 46.0 Å². The third kappa shape index (κ3) is 6.71. The predicted molar refractivity (Wildman–Crippen MR) is 226 cm³/mol. The van der Waals surface area contributed by atoms with Crippen LogP contribution in [0.15, 0.2) is 70.3 Å². The molecule has 1 N–H and O–H groups in total. The summed E-state index contributed by atoms with van der Waals surface area (Å²) in [4.78, 5) is 53.5. The van der Waals surface area contributed by atoms with Crippen molar-refractivity contribution in [3.63, 3.8) is 0 Å². The Morgan fingerprint density at radius 2 is 1.02 bits per heavy atom. The Balaban J connectivity index is 0.000000154. The van der Waals surface area contributed by atoms with Gasteiger partial charge in [-0.3, -0.25) is 19.2 Å². The Hall–Kier alpha value is -5.98. The van der Waals surface area contributed by atoms with E-state index in [4.69, 9.17) is 35.7 Å². The third-order valence-corrected chi connectivity index (χ3v) is 12.0. The van der Waals surface area contributed by atoms with Gasteiger partial charge in [-0.1, -0.05) is 69.2 Å². The first-order valence-electron chi connectivity index (χ1n) is 20.5. The van der Waals surface area contributed by atoms with Crippen molar-refractivity contribution >= 4 is 44.7 Å². The van der Waals surface area contributed by atoms with Crippen molar-refractivity contribution in [3.05, 3.63) is 114 Å². The molecule has 0 unspecified atom stereocenters. The van der Waals surface area contributed by atoms with Gasteiger partial charge in [0.2, 0.25) is 13.6 Å². The van der Waals surface area contributed by atoms with E-state index in [-0.39, 0.29) is 48.3 Å². The van der Waals surface area contributed by atoms with Crippen molar-refractivity contribution in [2.45, 2.75) is 77.8 Å². The fourth-order valence-corrected chi connectivity index (χ4v) is 8.99. The average molecular weight is 833 g/mol. The molecule has 0 spiro atoms. The highest BCUT2D eigenvalue weighted by atomic mass is 35.5. The predicted octanol–water partition coefficient (Wildman–Crippen LogP) is 9.20. The van der Waals surface area contributed by atoms with E-state index in [1.165, 1.54) is 18.2 Å². The lowest BCUT2D eigenvalue weighted by Gasteiger charge is -2.15. The zero-order valence-corrected chi connectivity index (χ0v) is 33.8. The van der Waals surface area contributed by atoms with Crippen LogP contribution in [-0.2, 0) is 13.1 Å². The van der Waals surface area contributed by atoms with E-state index < -0.39 is 5.82 Å². The number of carbonyl (C=O) groups excluding carboxylic acids is 2. The Bertz CT molecular complexity index is 2690. The number of benzene rings is 4. The van der Waals surface area contributed by atoms with Gasteiger partial charge in [0.25, 0.3) is 11.1 Å². The molecule has 10 rings (SSSR count). The first kappa shape index (κ1) is 39.5. The molecule has 60 heavy (non-hydrogen) atoms. The maximum atomic E-state index is 13.9. The van der Waals surface area contributed by atoms with Crippen LogP contribution in [0.3, 0.4) is 0 Å². The maximum Gasteiger partial charge on any atom is 0.259 e. The third-order valence-electron chi connectivity index (χ3n) is 11.7. The van der Waals surface area contributed by atoms with Crippen LogP contribution in [0.25, 0.3) is 44.1 Å². The van der Waals surface area contributed by atoms with E-state index in [1.54, 1.807) is 51.6 Å². The Kier molecular flexibility index (Phi) is 10.7. The number of aliphatic hydroxyl groups excluding tert-OH is 1. The number of halogens is 2. The van der Waals surface area contributed by atoms with Gasteiger partial charge in [-0.05, 0) is 67.8 Å². The summed E-state index contributed by atoms with van der Waals surface area (Å²) in [6.07, 6.45) is 8.50. The first-order chi connectivity index (χ1) is 29.2. The van der Waals surface area contributed by atoms with Gasteiger partial charge in [0.05, 0.1) is 27.9 Å². The van der Waals surface area contributed by atoms with E-state index in [9.17, 15) is 23.6 Å². The standard InChI is InChI=1S/C24H22FNO4.C23H20ClNO5/c1-2-3-4-5-6-9-26-22-16-11-19-20(30-13-29-19)12-17(16)23(27)21(22)15-8-7-14(25)10-18(15)24(26)28;24-13-5-6-14-17(9-13)23(28)25(7-3-1-2-4-8-26)21-15-10-18-19(30-12-29-18)11-16(15)22(27)20(14)21/h7-8,10-12H,2-6,9,13H2,1H3;5-6,9-11,26H,1-4,7-8,12H2. The highest BCUT2D eigenvalue weighted by Crippen LogP contribution is 2.47. The minimum Gasteiger partial charge on any atom is -0.454 e. The number of hydrogen-bond acceptors (Lipinski definition) is 9. The summed E-state index contributed by atoms with van der Waals surface area (Å²) in [6.45, 7) is 3.52. The molecule has 308 valence electrons. The molecule has 6 aromatic rings. The normalized spacial score (nSPS) is 13.7. The van der Waals surface area contributed by atoms with E-state index in [0.717, 1.165) is 57.8 Å². The number of ketones is 2. The van der Waals surface area contributed by atoms with Crippen LogP contribution < -0.4 is 30.1 Å². The fourth-order valence-electron chi connectivity index (χ4n) is 8.82. The van der Waals surface area contributed by atoms with E-state index in [1.807, 2.05) is 0 Å². The van der Waals surface area contributed by atoms with Gasteiger partial charge in [-0.15, -0.1) is 0 Å². The number of aromatic nitrogens is 2. The molecular weight excluding hydrogens is 791 g/mol. The van der Waals surface area contributed by atoms with Crippen molar-refractivity contribution < 1.29 is 38.0 Å².